The van der Waals surface area contributed by atoms with Gasteiger partial charge in [0.1, 0.15) is 5.75 Å². The third kappa shape index (κ3) is 4.51. The molecule has 0 fully saturated rings. The molecule has 1 amide bonds. The van der Waals surface area contributed by atoms with Gasteiger partial charge in [-0.2, -0.15) is 0 Å². The fourth-order valence-corrected chi connectivity index (χ4v) is 2.13. The summed E-state index contributed by atoms with van der Waals surface area (Å²) in [5.41, 5.74) is 0.938. The Morgan fingerprint density at radius 1 is 1.45 bits per heavy atom. The maximum atomic E-state index is 12.4. The summed E-state index contributed by atoms with van der Waals surface area (Å²) in [4.78, 5) is 14.0. The summed E-state index contributed by atoms with van der Waals surface area (Å²) >= 11 is 0. The van der Waals surface area contributed by atoms with E-state index in [9.17, 15) is 4.79 Å². The van der Waals surface area contributed by atoms with Crippen LogP contribution in [-0.4, -0.2) is 49.8 Å². The van der Waals surface area contributed by atoms with E-state index in [1.165, 1.54) is 0 Å². The summed E-state index contributed by atoms with van der Waals surface area (Å²) < 4.78 is 5.30. The molecule has 1 atom stereocenters. The van der Waals surface area contributed by atoms with Crippen molar-refractivity contribution in [2.45, 2.75) is 13.5 Å². The van der Waals surface area contributed by atoms with Crippen LogP contribution in [0, 0.1) is 5.92 Å². The zero-order chi connectivity index (χ0) is 15.0. The van der Waals surface area contributed by atoms with Gasteiger partial charge >= 0.3 is 0 Å². The summed E-state index contributed by atoms with van der Waals surface area (Å²) in [5, 5.41) is 12.2. The topological polar surface area (TPSA) is 61.8 Å². The van der Waals surface area contributed by atoms with Crippen molar-refractivity contribution < 1.29 is 14.6 Å². The van der Waals surface area contributed by atoms with Crippen LogP contribution in [0.15, 0.2) is 24.3 Å². The molecule has 0 spiro atoms. The Morgan fingerprint density at radius 3 is 2.75 bits per heavy atom. The van der Waals surface area contributed by atoms with Crippen LogP contribution >= 0.6 is 0 Å². The lowest BCUT2D eigenvalue weighted by Crippen LogP contribution is -2.39. The molecule has 0 saturated heterocycles. The number of methoxy groups -OCH3 is 1. The zero-order valence-electron chi connectivity index (χ0n) is 12.4. The molecule has 112 valence electrons. The minimum absolute atomic E-state index is 0.0271. The first-order valence-corrected chi connectivity index (χ1v) is 6.80. The number of hydrogen-bond donors (Lipinski definition) is 2. The summed E-state index contributed by atoms with van der Waals surface area (Å²) in [6.45, 7) is 3.22. The van der Waals surface area contributed by atoms with Crippen LogP contribution < -0.4 is 10.1 Å². The predicted molar refractivity (Wildman–Crippen MR) is 78.6 cm³/mol. The number of aliphatic hydroxyl groups is 1. The molecule has 5 heteroatoms. The average molecular weight is 280 g/mol. The van der Waals surface area contributed by atoms with Gasteiger partial charge in [0.25, 0.3) is 0 Å². The lowest BCUT2D eigenvalue weighted by Gasteiger charge is -2.26. The molecule has 0 bridgehead atoms. The SMILES string of the molecule is CNCC(C)C(=O)N(CCO)Cc1ccccc1OC. The van der Waals surface area contributed by atoms with Gasteiger partial charge in [-0.3, -0.25) is 4.79 Å². The summed E-state index contributed by atoms with van der Waals surface area (Å²) in [5.74, 6) is 0.657. The second-order valence-electron chi connectivity index (χ2n) is 4.75. The van der Waals surface area contributed by atoms with Gasteiger partial charge in [-0.25, -0.2) is 0 Å². The van der Waals surface area contributed by atoms with Crippen molar-refractivity contribution in [3.05, 3.63) is 29.8 Å². The molecule has 1 rings (SSSR count). The Bertz CT molecular complexity index is 423. The van der Waals surface area contributed by atoms with Crippen molar-refractivity contribution >= 4 is 5.91 Å². The molecular weight excluding hydrogens is 256 g/mol. The largest absolute Gasteiger partial charge is 0.496 e. The Kier molecular flexibility index (Phi) is 7.04. The Labute approximate surface area is 120 Å². The standard InChI is InChI=1S/C15H24N2O3/c1-12(10-16-2)15(19)17(8-9-18)11-13-6-4-5-7-14(13)20-3/h4-7,12,16,18H,8-11H2,1-3H3. The van der Waals surface area contributed by atoms with Crippen LogP contribution in [0.25, 0.3) is 0 Å². The van der Waals surface area contributed by atoms with E-state index in [4.69, 9.17) is 9.84 Å². The van der Waals surface area contributed by atoms with Gasteiger partial charge in [0.2, 0.25) is 5.91 Å². The lowest BCUT2D eigenvalue weighted by atomic mass is 10.1. The van der Waals surface area contributed by atoms with Crippen molar-refractivity contribution in [2.24, 2.45) is 5.92 Å². The quantitative estimate of drug-likeness (QED) is 0.742. The molecule has 0 radical (unpaired) electrons. The lowest BCUT2D eigenvalue weighted by molar-refractivity contribution is -0.136. The van der Waals surface area contributed by atoms with Gasteiger partial charge < -0.3 is 20.1 Å². The van der Waals surface area contributed by atoms with Gasteiger partial charge in [-0.15, -0.1) is 0 Å². The number of carbonyl (C=O) groups excluding carboxylic acids is 1. The van der Waals surface area contributed by atoms with E-state index in [0.717, 1.165) is 11.3 Å². The first kappa shape index (κ1) is 16.5. The number of amides is 1. The van der Waals surface area contributed by atoms with Crippen molar-refractivity contribution in [2.75, 3.05) is 33.9 Å². The van der Waals surface area contributed by atoms with Crippen LogP contribution in [0.2, 0.25) is 0 Å². The van der Waals surface area contributed by atoms with Gasteiger partial charge in [0, 0.05) is 31.1 Å². The van der Waals surface area contributed by atoms with Crippen LogP contribution in [0.3, 0.4) is 0 Å². The molecule has 0 aliphatic heterocycles. The molecule has 20 heavy (non-hydrogen) atoms. The second kappa shape index (κ2) is 8.55. The normalized spacial score (nSPS) is 12.0. The van der Waals surface area contributed by atoms with Crippen LogP contribution in [0.5, 0.6) is 5.75 Å². The molecule has 1 aromatic rings. The number of benzene rings is 1. The smallest absolute Gasteiger partial charge is 0.227 e. The molecule has 0 heterocycles. The number of nitrogens with zero attached hydrogens (tertiary/aromatic N) is 1. The monoisotopic (exact) mass is 280 g/mol. The fourth-order valence-electron chi connectivity index (χ4n) is 2.13. The number of para-hydroxylation sites is 1. The molecule has 0 aliphatic carbocycles. The highest BCUT2D eigenvalue weighted by molar-refractivity contribution is 5.78. The van der Waals surface area contributed by atoms with Gasteiger partial charge in [-0.1, -0.05) is 25.1 Å². The summed E-state index contributed by atoms with van der Waals surface area (Å²) in [6.07, 6.45) is 0. The highest BCUT2D eigenvalue weighted by Crippen LogP contribution is 2.20. The number of aliphatic hydroxyl groups excluding tert-OH is 1. The number of rotatable bonds is 8. The van der Waals surface area contributed by atoms with E-state index >= 15 is 0 Å². The van der Waals surface area contributed by atoms with E-state index in [-0.39, 0.29) is 18.4 Å². The Hall–Kier alpha value is -1.59. The van der Waals surface area contributed by atoms with Gasteiger partial charge in [-0.05, 0) is 13.1 Å². The van der Waals surface area contributed by atoms with E-state index in [2.05, 4.69) is 5.32 Å². The molecule has 0 aromatic heterocycles. The molecule has 0 saturated carbocycles. The molecular formula is C15H24N2O3. The summed E-state index contributed by atoms with van der Waals surface area (Å²) in [6, 6.07) is 7.60. The number of ether oxygens (including phenoxy) is 1. The van der Waals surface area contributed by atoms with E-state index in [0.29, 0.717) is 19.6 Å². The predicted octanol–water partition coefficient (Wildman–Crippen LogP) is 0.872. The molecule has 2 N–H and O–H groups in total. The number of hydrogen-bond acceptors (Lipinski definition) is 4. The minimum Gasteiger partial charge on any atom is -0.496 e. The number of nitrogens with one attached hydrogen (secondary N) is 1. The van der Waals surface area contributed by atoms with Crippen LogP contribution in [0.1, 0.15) is 12.5 Å². The molecule has 0 aliphatic rings. The molecule has 1 aromatic carbocycles. The maximum Gasteiger partial charge on any atom is 0.227 e. The third-order valence-corrected chi connectivity index (χ3v) is 3.17. The van der Waals surface area contributed by atoms with E-state index < -0.39 is 0 Å². The highest BCUT2D eigenvalue weighted by atomic mass is 16.5. The second-order valence-corrected chi connectivity index (χ2v) is 4.75. The van der Waals surface area contributed by atoms with Gasteiger partial charge in [0.05, 0.1) is 13.7 Å². The van der Waals surface area contributed by atoms with E-state index in [1.54, 1.807) is 12.0 Å². The van der Waals surface area contributed by atoms with Crippen molar-refractivity contribution in [1.29, 1.82) is 0 Å². The first-order chi connectivity index (χ1) is 9.63. The van der Waals surface area contributed by atoms with Crippen molar-refractivity contribution in [1.82, 2.24) is 10.2 Å². The van der Waals surface area contributed by atoms with E-state index in [1.807, 2.05) is 38.2 Å². The zero-order valence-corrected chi connectivity index (χ0v) is 12.4. The van der Waals surface area contributed by atoms with Gasteiger partial charge in [0.15, 0.2) is 0 Å². The Balaban J connectivity index is 2.83. The first-order valence-electron chi connectivity index (χ1n) is 6.80. The highest BCUT2D eigenvalue weighted by Gasteiger charge is 2.20. The van der Waals surface area contributed by atoms with Crippen molar-refractivity contribution in [3.8, 4) is 5.75 Å². The van der Waals surface area contributed by atoms with Crippen LogP contribution in [0.4, 0.5) is 0 Å². The maximum absolute atomic E-state index is 12.4. The minimum atomic E-state index is -0.124. The Morgan fingerprint density at radius 2 is 2.15 bits per heavy atom. The number of carbonyl (C=O) groups is 1. The van der Waals surface area contributed by atoms with Crippen LogP contribution in [-0.2, 0) is 11.3 Å². The van der Waals surface area contributed by atoms with Crippen molar-refractivity contribution in [3.63, 3.8) is 0 Å². The summed E-state index contributed by atoms with van der Waals surface area (Å²) in [7, 11) is 3.43. The molecule has 1 unspecified atom stereocenters. The average Bonchev–Trinajstić information content (AvgIpc) is 2.46. The molecule has 5 nitrogen and oxygen atoms in total. The third-order valence-electron chi connectivity index (χ3n) is 3.17. The fraction of sp³-hybridized carbons (Fsp3) is 0.533.